The molecule has 0 unspecified atom stereocenters. The molecular formula is C14H18F3N5S. The van der Waals surface area contributed by atoms with E-state index in [4.69, 9.17) is 0 Å². The van der Waals surface area contributed by atoms with Crippen LogP contribution in [-0.2, 0) is 26.2 Å². The molecule has 0 aliphatic rings. The molecular weight excluding hydrogens is 327 g/mol. The van der Waals surface area contributed by atoms with Gasteiger partial charge < -0.3 is 10.6 Å². The molecule has 2 heterocycles. The Kier molecular flexibility index (Phi) is 5.64. The van der Waals surface area contributed by atoms with Crippen LogP contribution in [0.4, 0.5) is 13.2 Å². The molecule has 5 nitrogen and oxygen atoms in total. The van der Waals surface area contributed by atoms with Crippen molar-refractivity contribution >= 4 is 17.3 Å². The van der Waals surface area contributed by atoms with Gasteiger partial charge in [-0.2, -0.15) is 18.3 Å². The van der Waals surface area contributed by atoms with E-state index in [2.05, 4.69) is 20.7 Å². The Bertz CT molecular complexity index is 646. The lowest BCUT2D eigenvalue weighted by Crippen LogP contribution is -2.38. The molecule has 2 N–H and O–H groups in total. The number of aryl methyl sites for hydroxylation is 1. The molecule has 0 aliphatic heterocycles. The first kappa shape index (κ1) is 17.3. The Morgan fingerprint density at radius 1 is 1.39 bits per heavy atom. The van der Waals surface area contributed by atoms with Crippen LogP contribution in [0.3, 0.4) is 0 Å². The van der Waals surface area contributed by atoms with Gasteiger partial charge in [-0.15, -0.1) is 11.3 Å². The number of nitrogens with one attached hydrogen (secondary N) is 2. The number of halogens is 3. The van der Waals surface area contributed by atoms with Gasteiger partial charge in [0.2, 0.25) is 0 Å². The molecule has 0 radical (unpaired) electrons. The number of hydrogen-bond acceptors (Lipinski definition) is 3. The topological polar surface area (TPSA) is 54.2 Å². The minimum atomic E-state index is -4.46. The van der Waals surface area contributed by atoms with Crippen LogP contribution < -0.4 is 10.6 Å². The molecule has 0 saturated carbocycles. The molecule has 0 atom stereocenters. The molecule has 0 amide bonds. The first-order valence-corrected chi connectivity index (χ1v) is 7.84. The number of aromatic nitrogens is 2. The molecule has 126 valence electrons. The van der Waals surface area contributed by atoms with Gasteiger partial charge in [-0.25, -0.2) is 0 Å². The average Bonchev–Trinajstić information content (AvgIpc) is 3.11. The van der Waals surface area contributed by atoms with Gasteiger partial charge in [0.15, 0.2) is 11.7 Å². The number of aliphatic imine (C=N–C) groups is 1. The molecule has 0 aliphatic carbocycles. The zero-order valence-electron chi connectivity index (χ0n) is 12.8. The summed E-state index contributed by atoms with van der Waals surface area (Å²) in [5.74, 6) is 0.457. The highest BCUT2D eigenvalue weighted by atomic mass is 32.1. The van der Waals surface area contributed by atoms with Gasteiger partial charge >= 0.3 is 6.18 Å². The van der Waals surface area contributed by atoms with E-state index in [9.17, 15) is 13.2 Å². The van der Waals surface area contributed by atoms with Gasteiger partial charge in [-0.1, -0.05) is 6.07 Å². The van der Waals surface area contributed by atoms with E-state index < -0.39 is 11.9 Å². The molecule has 9 heteroatoms. The normalized spacial score (nSPS) is 12.5. The lowest BCUT2D eigenvalue weighted by atomic mass is 10.2. The van der Waals surface area contributed by atoms with Gasteiger partial charge in [0.25, 0.3) is 0 Å². The number of hydrogen-bond donors (Lipinski definition) is 2. The van der Waals surface area contributed by atoms with Crippen molar-refractivity contribution in [2.75, 3.05) is 13.6 Å². The van der Waals surface area contributed by atoms with E-state index >= 15 is 0 Å². The molecule has 2 rings (SSSR count). The van der Waals surface area contributed by atoms with Crippen LogP contribution in [0.25, 0.3) is 0 Å². The Morgan fingerprint density at radius 3 is 2.78 bits per heavy atom. The van der Waals surface area contributed by atoms with Crippen LogP contribution in [-0.4, -0.2) is 29.3 Å². The smallest absolute Gasteiger partial charge is 0.356 e. The van der Waals surface area contributed by atoms with Crippen LogP contribution in [0.1, 0.15) is 16.1 Å². The molecule has 0 spiro atoms. The predicted molar refractivity (Wildman–Crippen MR) is 84.4 cm³/mol. The first-order valence-electron chi connectivity index (χ1n) is 6.96. The monoisotopic (exact) mass is 345 g/mol. The van der Waals surface area contributed by atoms with Crippen molar-refractivity contribution in [2.24, 2.45) is 12.0 Å². The molecule has 2 aromatic rings. The summed E-state index contributed by atoms with van der Waals surface area (Å²) in [4.78, 5) is 5.25. The second-order valence-electron chi connectivity index (χ2n) is 4.86. The largest absolute Gasteiger partial charge is 0.435 e. The third-order valence-electron chi connectivity index (χ3n) is 3.09. The third kappa shape index (κ3) is 4.98. The van der Waals surface area contributed by atoms with Crippen molar-refractivity contribution in [2.45, 2.75) is 19.1 Å². The summed E-state index contributed by atoms with van der Waals surface area (Å²) in [7, 11) is 3.04. The lowest BCUT2D eigenvalue weighted by Gasteiger charge is -2.12. The molecule has 0 aromatic carbocycles. The van der Waals surface area contributed by atoms with Crippen molar-refractivity contribution in [3.05, 3.63) is 39.8 Å². The summed E-state index contributed by atoms with van der Waals surface area (Å²) >= 11 is 1.66. The quantitative estimate of drug-likeness (QED) is 0.646. The molecule has 2 aromatic heterocycles. The van der Waals surface area contributed by atoms with Crippen molar-refractivity contribution in [3.8, 4) is 0 Å². The second-order valence-corrected chi connectivity index (χ2v) is 5.89. The summed E-state index contributed by atoms with van der Waals surface area (Å²) in [6, 6.07) is 4.02. The zero-order chi connectivity index (χ0) is 16.9. The molecule has 0 bridgehead atoms. The third-order valence-corrected chi connectivity index (χ3v) is 4.02. The highest BCUT2D eigenvalue weighted by molar-refractivity contribution is 7.09. The summed E-state index contributed by atoms with van der Waals surface area (Å²) in [6.45, 7) is 0.653. The number of rotatable bonds is 5. The van der Waals surface area contributed by atoms with Gasteiger partial charge in [0, 0.05) is 43.8 Å². The average molecular weight is 345 g/mol. The predicted octanol–water partition coefficient (Wildman–Crippen LogP) is 2.41. The van der Waals surface area contributed by atoms with Crippen LogP contribution in [0.5, 0.6) is 0 Å². The van der Waals surface area contributed by atoms with E-state index in [0.717, 1.165) is 11.1 Å². The Balaban J connectivity index is 1.88. The summed E-state index contributed by atoms with van der Waals surface area (Å²) in [5, 5.41) is 11.4. The van der Waals surface area contributed by atoms with Crippen LogP contribution in [0, 0.1) is 0 Å². The fourth-order valence-corrected chi connectivity index (χ4v) is 2.77. The van der Waals surface area contributed by atoms with Crippen molar-refractivity contribution in [1.29, 1.82) is 0 Å². The van der Waals surface area contributed by atoms with Gasteiger partial charge in [-0.05, 0) is 17.9 Å². The number of nitrogens with zero attached hydrogens (tertiary/aromatic N) is 3. The number of thiophene rings is 1. The van der Waals surface area contributed by atoms with E-state index in [0.29, 0.717) is 12.5 Å². The highest BCUT2D eigenvalue weighted by Crippen LogP contribution is 2.30. The number of alkyl halides is 3. The fraction of sp³-hybridized carbons (Fsp3) is 0.429. The van der Waals surface area contributed by atoms with Gasteiger partial charge in [0.05, 0.1) is 0 Å². The zero-order valence-corrected chi connectivity index (χ0v) is 13.6. The minimum Gasteiger partial charge on any atom is -0.356 e. The number of guanidine groups is 1. The lowest BCUT2D eigenvalue weighted by molar-refractivity contribution is -0.142. The molecule has 0 saturated heterocycles. The van der Waals surface area contributed by atoms with Gasteiger partial charge in [0.1, 0.15) is 0 Å². The van der Waals surface area contributed by atoms with Gasteiger partial charge in [-0.3, -0.25) is 9.67 Å². The highest BCUT2D eigenvalue weighted by Gasteiger charge is 2.36. The molecule has 0 fully saturated rings. The van der Waals surface area contributed by atoms with Crippen LogP contribution in [0.15, 0.2) is 28.7 Å². The maximum Gasteiger partial charge on any atom is 0.435 e. The Morgan fingerprint density at radius 2 is 2.17 bits per heavy atom. The van der Waals surface area contributed by atoms with Crippen molar-refractivity contribution in [3.63, 3.8) is 0 Å². The van der Waals surface area contributed by atoms with Crippen LogP contribution in [0.2, 0.25) is 0 Å². The SMILES string of the molecule is CN=C(NCCc1cccs1)NCc1cn(C)nc1C(F)(F)F. The molecule has 23 heavy (non-hydrogen) atoms. The summed E-state index contributed by atoms with van der Waals surface area (Å²) < 4.78 is 39.8. The van der Waals surface area contributed by atoms with E-state index in [1.165, 1.54) is 18.1 Å². The van der Waals surface area contributed by atoms with E-state index in [1.807, 2.05) is 17.5 Å². The fourth-order valence-electron chi connectivity index (χ4n) is 2.06. The van der Waals surface area contributed by atoms with E-state index in [-0.39, 0.29) is 12.1 Å². The Labute approximate surface area is 136 Å². The maximum absolute atomic E-state index is 12.9. The maximum atomic E-state index is 12.9. The van der Waals surface area contributed by atoms with Crippen molar-refractivity contribution in [1.82, 2.24) is 20.4 Å². The van der Waals surface area contributed by atoms with E-state index in [1.54, 1.807) is 18.4 Å². The van der Waals surface area contributed by atoms with Crippen molar-refractivity contribution < 1.29 is 13.2 Å². The Hall–Kier alpha value is -2.03. The second kappa shape index (κ2) is 7.49. The minimum absolute atomic E-state index is 0.00135. The standard InChI is InChI=1S/C14H18F3N5S/c1-18-13(19-6-5-11-4-3-7-23-11)20-8-10-9-22(2)21-12(10)14(15,16)17/h3-4,7,9H,5-6,8H2,1-2H3,(H2,18,19,20). The summed E-state index contributed by atoms with van der Waals surface area (Å²) in [5.41, 5.74) is -0.789. The summed E-state index contributed by atoms with van der Waals surface area (Å²) in [6.07, 6.45) is -2.28. The first-order chi connectivity index (χ1) is 10.9. The van der Waals surface area contributed by atoms with Crippen LogP contribution >= 0.6 is 11.3 Å².